The van der Waals surface area contributed by atoms with E-state index in [1.54, 1.807) is 36.4 Å². The molecular weight excluding hydrogens is 382 g/mol. The molecule has 1 atom stereocenters. The molecule has 0 radical (unpaired) electrons. The van der Waals surface area contributed by atoms with Crippen LogP contribution in [0.25, 0.3) is 10.9 Å². The number of aryl methyl sites for hydroxylation is 1. The first kappa shape index (κ1) is 19.8. The molecule has 1 aromatic heterocycles. The highest BCUT2D eigenvalue weighted by molar-refractivity contribution is 6.31. The minimum atomic E-state index is -1.05. The van der Waals surface area contributed by atoms with Crippen LogP contribution in [0.4, 0.5) is 0 Å². The molecular formula is C21H20ClNO5. The number of nitrogens with zero attached hydrogens (tertiary/aromatic N) is 1. The fourth-order valence-electron chi connectivity index (χ4n) is 3.16. The van der Waals surface area contributed by atoms with Gasteiger partial charge >= 0.3 is 11.9 Å². The number of carboxylic acid groups (broad SMARTS) is 2. The number of fused-ring (bicyclic) bond motifs is 1. The van der Waals surface area contributed by atoms with Crippen molar-refractivity contribution in [3.05, 3.63) is 63.8 Å². The number of aromatic carboxylic acids is 1. The summed E-state index contributed by atoms with van der Waals surface area (Å²) in [7, 11) is 0. The Morgan fingerprint density at radius 3 is 2.50 bits per heavy atom. The highest BCUT2D eigenvalue weighted by Gasteiger charge is 2.16. The summed E-state index contributed by atoms with van der Waals surface area (Å²) in [6, 6.07) is 10.1. The van der Waals surface area contributed by atoms with Gasteiger partial charge in [0.25, 0.3) is 0 Å². The van der Waals surface area contributed by atoms with E-state index in [1.165, 1.54) is 6.92 Å². The molecule has 0 saturated carbocycles. The second-order valence-corrected chi connectivity index (χ2v) is 7.09. The first-order valence-electron chi connectivity index (χ1n) is 8.69. The number of hydrogen-bond acceptors (Lipinski definition) is 3. The average molecular weight is 402 g/mol. The number of benzene rings is 2. The van der Waals surface area contributed by atoms with Crippen molar-refractivity contribution in [1.82, 2.24) is 4.57 Å². The van der Waals surface area contributed by atoms with Crippen molar-refractivity contribution in [1.29, 1.82) is 0 Å². The van der Waals surface area contributed by atoms with Gasteiger partial charge in [-0.1, -0.05) is 11.6 Å². The normalized spacial score (nSPS) is 12.1. The number of aromatic nitrogens is 1. The molecule has 28 heavy (non-hydrogen) atoms. The van der Waals surface area contributed by atoms with Gasteiger partial charge in [-0.2, -0.15) is 0 Å². The fourth-order valence-corrected chi connectivity index (χ4v) is 3.33. The zero-order valence-corrected chi connectivity index (χ0v) is 16.4. The summed E-state index contributed by atoms with van der Waals surface area (Å²) in [4.78, 5) is 22.3. The predicted molar refractivity (Wildman–Crippen MR) is 107 cm³/mol. The molecule has 0 aliphatic rings. The molecule has 3 rings (SSSR count). The number of halogens is 1. The van der Waals surface area contributed by atoms with Crippen LogP contribution in [-0.2, 0) is 11.3 Å². The van der Waals surface area contributed by atoms with Crippen LogP contribution >= 0.6 is 11.6 Å². The summed E-state index contributed by atoms with van der Waals surface area (Å²) in [6.45, 7) is 5.83. The van der Waals surface area contributed by atoms with E-state index in [4.69, 9.17) is 21.4 Å². The van der Waals surface area contributed by atoms with Crippen LogP contribution in [-0.4, -0.2) is 32.8 Å². The molecule has 0 bridgehead atoms. The minimum Gasteiger partial charge on any atom is -0.479 e. The van der Waals surface area contributed by atoms with E-state index in [0.717, 1.165) is 27.7 Å². The zero-order valence-electron chi connectivity index (χ0n) is 15.7. The Balaban J connectivity index is 2.02. The van der Waals surface area contributed by atoms with Gasteiger partial charge in [0.1, 0.15) is 5.75 Å². The number of ether oxygens (including phenoxy) is 1. The second-order valence-electron chi connectivity index (χ2n) is 6.69. The summed E-state index contributed by atoms with van der Waals surface area (Å²) in [6.07, 6.45) is -0.972. The standard InChI is InChI=1S/C21H20ClNO5/c1-11-12(2)23(19-7-4-14(21(26)27)9-17(11)19)10-15-8-16(5-6-18(15)22)28-13(3)20(24)25/h4-9,13H,10H2,1-3H3,(H,24,25)(H,26,27)/t13-/m1/s1. The van der Waals surface area contributed by atoms with Crippen LogP contribution in [0.1, 0.15) is 34.1 Å². The van der Waals surface area contributed by atoms with E-state index >= 15 is 0 Å². The molecule has 6 nitrogen and oxygen atoms in total. The molecule has 3 aromatic rings. The predicted octanol–water partition coefficient (Wildman–Crippen LogP) is 4.51. The van der Waals surface area contributed by atoms with E-state index < -0.39 is 18.0 Å². The van der Waals surface area contributed by atoms with Gasteiger partial charge in [0, 0.05) is 28.2 Å². The SMILES string of the molecule is Cc1c(C)n(Cc2cc(O[C@H](C)C(=O)O)ccc2Cl)c2ccc(C(=O)O)cc12. The van der Waals surface area contributed by atoms with E-state index in [0.29, 0.717) is 17.3 Å². The number of aliphatic carboxylic acids is 1. The quantitative estimate of drug-likeness (QED) is 0.634. The molecule has 0 unspecified atom stereocenters. The van der Waals surface area contributed by atoms with Crippen molar-refractivity contribution in [3.63, 3.8) is 0 Å². The summed E-state index contributed by atoms with van der Waals surface area (Å²) in [5.41, 5.74) is 3.92. The molecule has 7 heteroatoms. The van der Waals surface area contributed by atoms with Crippen LogP contribution in [0.3, 0.4) is 0 Å². The minimum absolute atomic E-state index is 0.240. The van der Waals surface area contributed by atoms with Gasteiger partial charge in [-0.25, -0.2) is 9.59 Å². The van der Waals surface area contributed by atoms with Crippen LogP contribution in [0.2, 0.25) is 5.02 Å². The third-order valence-electron chi connectivity index (χ3n) is 4.89. The summed E-state index contributed by atoms with van der Waals surface area (Å²) in [5, 5.41) is 19.7. The summed E-state index contributed by atoms with van der Waals surface area (Å²) in [5.74, 6) is -1.59. The first-order valence-corrected chi connectivity index (χ1v) is 9.07. The van der Waals surface area contributed by atoms with E-state index in [-0.39, 0.29) is 5.56 Å². The fraction of sp³-hybridized carbons (Fsp3) is 0.238. The Bertz CT molecular complexity index is 1090. The highest BCUT2D eigenvalue weighted by atomic mass is 35.5. The van der Waals surface area contributed by atoms with Gasteiger partial charge in [0.05, 0.1) is 5.56 Å². The smallest absolute Gasteiger partial charge is 0.344 e. The maximum atomic E-state index is 11.3. The van der Waals surface area contributed by atoms with Crippen molar-refractivity contribution in [2.24, 2.45) is 0 Å². The third kappa shape index (κ3) is 3.68. The monoisotopic (exact) mass is 401 g/mol. The van der Waals surface area contributed by atoms with E-state index in [1.807, 2.05) is 13.8 Å². The Labute approximate surface area is 166 Å². The Hall–Kier alpha value is -2.99. The highest BCUT2D eigenvalue weighted by Crippen LogP contribution is 2.30. The zero-order chi connectivity index (χ0) is 20.6. The largest absolute Gasteiger partial charge is 0.479 e. The van der Waals surface area contributed by atoms with Gasteiger partial charge in [-0.15, -0.1) is 0 Å². The lowest BCUT2D eigenvalue weighted by Gasteiger charge is -2.14. The second kappa shape index (κ2) is 7.56. The molecule has 0 amide bonds. The van der Waals surface area contributed by atoms with Gasteiger partial charge in [-0.3, -0.25) is 0 Å². The molecule has 0 saturated heterocycles. The summed E-state index contributed by atoms with van der Waals surface area (Å²) >= 11 is 6.36. The third-order valence-corrected chi connectivity index (χ3v) is 5.26. The van der Waals surface area contributed by atoms with Crippen LogP contribution in [0.5, 0.6) is 5.75 Å². The van der Waals surface area contributed by atoms with Crippen LogP contribution < -0.4 is 4.74 Å². The molecule has 2 N–H and O–H groups in total. The van der Waals surface area contributed by atoms with Crippen molar-refractivity contribution in [2.75, 3.05) is 0 Å². The first-order chi connectivity index (χ1) is 13.2. The van der Waals surface area contributed by atoms with Crippen LogP contribution in [0.15, 0.2) is 36.4 Å². The van der Waals surface area contributed by atoms with E-state index in [2.05, 4.69) is 4.57 Å². The Kier molecular flexibility index (Phi) is 5.34. The molecule has 1 heterocycles. The number of rotatable bonds is 6. The van der Waals surface area contributed by atoms with Gasteiger partial charge in [0.2, 0.25) is 0 Å². The number of carboxylic acids is 2. The van der Waals surface area contributed by atoms with Crippen molar-refractivity contribution >= 4 is 34.4 Å². The van der Waals surface area contributed by atoms with Crippen molar-refractivity contribution in [2.45, 2.75) is 33.4 Å². The van der Waals surface area contributed by atoms with Gasteiger partial charge in [0.15, 0.2) is 6.10 Å². The van der Waals surface area contributed by atoms with Gasteiger partial charge < -0.3 is 19.5 Å². The van der Waals surface area contributed by atoms with Gasteiger partial charge in [-0.05, 0) is 68.3 Å². The lowest BCUT2D eigenvalue weighted by atomic mass is 10.1. The molecule has 2 aromatic carbocycles. The number of hydrogen-bond donors (Lipinski definition) is 2. The molecule has 0 spiro atoms. The number of carbonyl (C=O) groups is 2. The molecule has 0 aliphatic carbocycles. The van der Waals surface area contributed by atoms with Crippen molar-refractivity contribution < 1.29 is 24.5 Å². The lowest BCUT2D eigenvalue weighted by Crippen LogP contribution is -2.22. The maximum absolute atomic E-state index is 11.3. The molecule has 0 fully saturated rings. The Morgan fingerprint density at radius 2 is 1.86 bits per heavy atom. The molecule has 0 aliphatic heterocycles. The topological polar surface area (TPSA) is 88.8 Å². The van der Waals surface area contributed by atoms with E-state index in [9.17, 15) is 14.7 Å². The average Bonchev–Trinajstić information content (AvgIpc) is 2.88. The maximum Gasteiger partial charge on any atom is 0.344 e. The molecule has 146 valence electrons. The van der Waals surface area contributed by atoms with Crippen molar-refractivity contribution in [3.8, 4) is 5.75 Å². The Morgan fingerprint density at radius 1 is 1.14 bits per heavy atom. The summed E-state index contributed by atoms with van der Waals surface area (Å²) < 4.78 is 7.50. The lowest BCUT2D eigenvalue weighted by molar-refractivity contribution is -0.144. The van der Waals surface area contributed by atoms with Crippen LogP contribution in [0, 0.1) is 13.8 Å².